The monoisotopic (exact) mass is 220 g/mol. The van der Waals surface area contributed by atoms with Gasteiger partial charge in [0.2, 0.25) is 0 Å². The summed E-state index contributed by atoms with van der Waals surface area (Å²) in [6, 6.07) is 7.97. The molecule has 0 saturated carbocycles. The average molecular weight is 220 g/mol. The number of fused-ring (bicyclic) bond motifs is 1. The molecule has 0 spiro atoms. The smallest absolute Gasteiger partial charge is 0.306 e. The van der Waals surface area contributed by atoms with Crippen molar-refractivity contribution < 1.29 is 14.3 Å². The molecule has 1 aliphatic heterocycles. The summed E-state index contributed by atoms with van der Waals surface area (Å²) in [5.74, 6) is 1.06. The normalized spacial score (nSPS) is 18.4. The number of ether oxygens (including phenoxy) is 2. The minimum Gasteiger partial charge on any atom is -0.493 e. The summed E-state index contributed by atoms with van der Waals surface area (Å²) in [4.78, 5) is 11.3. The van der Waals surface area contributed by atoms with Crippen LogP contribution < -0.4 is 4.74 Å². The first-order chi connectivity index (χ1) is 7.79. The van der Waals surface area contributed by atoms with Crippen LogP contribution in [0.25, 0.3) is 0 Å². The Morgan fingerprint density at radius 1 is 1.50 bits per heavy atom. The molecule has 1 atom stereocenters. The quantitative estimate of drug-likeness (QED) is 0.732. The molecule has 1 unspecified atom stereocenters. The molecule has 16 heavy (non-hydrogen) atoms. The molecule has 3 nitrogen and oxygen atoms in total. The molecule has 1 aliphatic rings. The highest BCUT2D eigenvalue weighted by molar-refractivity contribution is 5.69. The van der Waals surface area contributed by atoms with E-state index in [2.05, 4.69) is 0 Å². The summed E-state index contributed by atoms with van der Waals surface area (Å²) in [6.07, 6.45) is 1.34. The molecule has 0 fully saturated rings. The summed E-state index contributed by atoms with van der Waals surface area (Å²) in [6.45, 7) is 2.88. The minimum absolute atomic E-state index is 0.129. The molecule has 1 aromatic rings. The lowest BCUT2D eigenvalue weighted by atomic mass is 9.94. The van der Waals surface area contributed by atoms with E-state index in [0.29, 0.717) is 19.6 Å². The van der Waals surface area contributed by atoms with E-state index in [0.717, 1.165) is 12.2 Å². The van der Waals surface area contributed by atoms with E-state index in [1.54, 1.807) is 0 Å². The van der Waals surface area contributed by atoms with Crippen LogP contribution in [0.5, 0.6) is 5.75 Å². The molecule has 0 aliphatic carbocycles. The van der Waals surface area contributed by atoms with Gasteiger partial charge in [0.05, 0.1) is 19.6 Å². The molecule has 0 amide bonds. The first kappa shape index (κ1) is 11.0. The van der Waals surface area contributed by atoms with Crippen molar-refractivity contribution in [3.05, 3.63) is 29.8 Å². The first-order valence-corrected chi connectivity index (χ1v) is 5.66. The van der Waals surface area contributed by atoms with Gasteiger partial charge in [0.25, 0.3) is 0 Å². The molecule has 1 heterocycles. The van der Waals surface area contributed by atoms with E-state index < -0.39 is 0 Å². The largest absolute Gasteiger partial charge is 0.493 e. The molecule has 3 heteroatoms. The lowest BCUT2D eigenvalue weighted by Crippen LogP contribution is -2.24. The Labute approximate surface area is 95.4 Å². The zero-order chi connectivity index (χ0) is 11.4. The standard InChI is InChI=1S/C13H16O3/c1-2-15-13(14)8-10-7-11-5-3-4-6-12(11)16-9-10/h3-6,10H,2,7-9H2,1H3. The van der Waals surface area contributed by atoms with E-state index in [-0.39, 0.29) is 11.9 Å². The van der Waals surface area contributed by atoms with E-state index in [9.17, 15) is 4.79 Å². The Kier molecular flexibility index (Phi) is 3.44. The Balaban J connectivity index is 1.95. The molecule has 0 radical (unpaired) electrons. The van der Waals surface area contributed by atoms with Gasteiger partial charge >= 0.3 is 5.97 Å². The van der Waals surface area contributed by atoms with Gasteiger partial charge < -0.3 is 9.47 Å². The Hall–Kier alpha value is -1.51. The van der Waals surface area contributed by atoms with E-state index in [1.165, 1.54) is 5.56 Å². The van der Waals surface area contributed by atoms with Gasteiger partial charge in [-0.3, -0.25) is 4.79 Å². The second kappa shape index (κ2) is 5.01. The van der Waals surface area contributed by atoms with E-state index in [1.807, 2.05) is 31.2 Å². The first-order valence-electron chi connectivity index (χ1n) is 5.66. The second-order valence-corrected chi connectivity index (χ2v) is 4.00. The van der Waals surface area contributed by atoms with Gasteiger partial charge in [-0.25, -0.2) is 0 Å². The fraction of sp³-hybridized carbons (Fsp3) is 0.462. The maximum atomic E-state index is 11.3. The lowest BCUT2D eigenvalue weighted by Gasteiger charge is -2.24. The molecule has 0 aromatic heterocycles. The van der Waals surface area contributed by atoms with Crippen molar-refractivity contribution in [2.75, 3.05) is 13.2 Å². The number of carbonyl (C=O) groups excluding carboxylic acids is 1. The van der Waals surface area contributed by atoms with Gasteiger partial charge in [-0.1, -0.05) is 18.2 Å². The van der Waals surface area contributed by atoms with Gasteiger partial charge in [-0.15, -0.1) is 0 Å². The number of hydrogen-bond acceptors (Lipinski definition) is 3. The number of esters is 1. The zero-order valence-electron chi connectivity index (χ0n) is 9.44. The van der Waals surface area contributed by atoms with Gasteiger partial charge in [-0.2, -0.15) is 0 Å². The van der Waals surface area contributed by atoms with Gasteiger partial charge in [0, 0.05) is 5.92 Å². The highest BCUT2D eigenvalue weighted by atomic mass is 16.5. The molecule has 1 aromatic carbocycles. The van der Waals surface area contributed by atoms with Crippen molar-refractivity contribution in [3.8, 4) is 5.75 Å². The Bertz CT molecular complexity index is 373. The molecule has 0 saturated heterocycles. The van der Waals surface area contributed by atoms with Crippen LogP contribution in [-0.2, 0) is 16.0 Å². The topological polar surface area (TPSA) is 35.5 Å². The molecule has 2 rings (SSSR count). The van der Waals surface area contributed by atoms with Crippen molar-refractivity contribution >= 4 is 5.97 Å². The predicted octanol–water partition coefficient (Wildman–Crippen LogP) is 2.19. The summed E-state index contributed by atoms with van der Waals surface area (Å²) in [5.41, 5.74) is 1.18. The second-order valence-electron chi connectivity index (χ2n) is 4.00. The Morgan fingerprint density at radius 2 is 2.31 bits per heavy atom. The lowest BCUT2D eigenvalue weighted by molar-refractivity contribution is -0.144. The molecular formula is C13H16O3. The highest BCUT2D eigenvalue weighted by Crippen LogP contribution is 2.28. The summed E-state index contributed by atoms with van der Waals surface area (Å²) < 4.78 is 10.5. The van der Waals surface area contributed by atoms with Crippen molar-refractivity contribution in [1.29, 1.82) is 0 Å². The summed E-state index contributed by atoms with van der Waals surface area (Å²) in [5, 5.41) is 0. The minimum atomic E-state index is -0.129. The third-order valence-corrected chi connectivity index (χ3v) is 2.72. The summed E-state index contributed by atoms with van der Waals surface area (Å²) >= 11 is 0. The van der Waals surface area contributed by atoms with Crippen LogP contribution in [0, 0.1) is 5.92 Å². The van der Waals surface area contributed by atoms with Crippen LogP contribution in [0.2, 0.25) is 0 Å². The highest BCUT2D eigenvalue weighted by Gasteiger charge is 2.22. The van der Waals surface area contributed by atoms with Gasteiger partial charge in [-0.05, 0) is 25.0 Å². The third kappa shape index (κ3) is 2.54. The Morgan fingerprint density at radius 3 is 3.12 bits per heavy atom. The summed E-state index contributed by atoms with van der Waals surface area (Å²) in [7, 11) is 0. The number of hydrogen-bond donors (Lipinski definition) is 0. The third-order valence-electron chi connectivity index (χ3n) is 2.72. The van der Waals surface area contributed by atoms with Crippen LogP contribution in [0.15, 0.2) is 24.3 Å². The maximum Gasteiger partial charge on any atom is 0.306 e. The average Bonchev–Trinajstić information content (AvgIpc) is 2.29. The maximum absolute atomic E-state index is 11.3. The van der Waals surface area contributed by atoms with Crippen molar-refractivity contribution in [1.82, 2.24) is 0 Å². The van der Waals surface area contributed by atoms with Crippen LogP contribution in [-0.4, -0.2) is 19.2 Å². The molecule has 86 valence electrons. The fourth-order valence-electron chi connectivity index (χ4n) is 1.98. The molecular weight excluding hydrogens is 204 g/mol. The number of carbonyl (C=O) groups is 1. The van der Waals surface area contributed by atoms with Crippen LogP contribution in [0.4, 0.5) is 0 Å². The van der Waals surface area contributed by atoms with Gasteiger partial charge in [0.1, 0.15) is 5.75 Å². The molecule has 0 bridgehead atoms. The van der Waals surface area contributed by atoms with E-state index >= 15 is 0 Å². The van der Waals surface area contributed by atoms with Crippen molar-refractivity contribution in [2.24, 2.45) is 5.92 Å². The van der Waals surface area contributed by atoms with Crippen LogP contribution >= 0.6 is 0 Å². The molecule has 0 N–H and O–H groups in total. The van der Waals surface area contributed by atoms with E-state index in [4.69, 9.17) is 9.47 Å². The fourth-order valence-corrected chi connectivity index (χ4v) is 1.98. The zero-order valence-corrected chi connectivity index (χ0v) is 9.44. The van der Waals surface area contributed by atoms with Crippen LogP contribution in [0.1, 0.15) is 18.9 Å². The number of benzene rings is 1. The van der Waals surface area contributed by atoms with Crippen molar-refractivity contribution in [3.63, 3.8) is 0 Å². The predicted molar refractivity (Wildman–Crippen MR) is 60.4 cm³/mol. The number of para-hydroxylation sites is 1. The van der Waals surface area contributed by atoms with Crippen molar-refractivity contribution in [2.45, 2.75) is 19.8 Å². The SMILES string of the molecule is CCOC(=O)CC1COc2ccccc2C1. The van der Waals surface area contributed by atoms with Crippen LogP contribution in [0.3, 0.4) is 0 Å². The number of rotatable bonds is 3. The van der Waals surface area contributed by atoms with Gasteiger partial charge in [0.15, 0.2) is 0 Å².